The standard InChI is InChI=1S/C26H21BrN4O3S2/c1-26(2)12-18-20(13-34-26)36-23-21(18)22(33)30(17-6-4-3-5-7-17)24-28-29-25(31(23)24)35-14-19(32)15-8-10-16(27)11-9-15/h3-11H,12-14H2,1-2H3. The van der Waals surface area contributed by atoms with Crippen molar-refractivity contribution in [2.24, 2.45) is 0 Å². The number of hydrogen-bond donors (Lipinski definition) is 0. The summed E-state index contributed by atoms with van der Waals surface area (Å²) in [6.45, 7) is 4.55. The van der Waals surface area contributed by atoms with Gasteiger partial charge >= 0.3 is 0 Å². The number of carbonyl (C=O) groups excluding carboxylic acids is 1. The van der Waals surface area contributed by atoms with Gasteiger partial charge in [-0.3, -0.25) is 9.59 Å². The smallest absolute Gasteiger partial charge is 0.268 e. The molecule has 0 fully saturated rings. The zero-order chi connectivity index (χ0) is 25.0. The number of thiophene rings is 1. The van der Waals surface area contributed by atoms with Crippen LogP contribution in [0.1, 0.15) is 34.6 Å². The van der Waals surface area contributed by atoms with Gasteiger partial charge in [0.05, 0.1) is 29.0 Å². The van der Waals surface area contributed by atoms with Crippen LogP contribution >= 0.6 is 39.0 Å². The molecule has 4 heterocycles. The molecule has 6 rings (SSSR count). The fraction of sp³-hybridized carbons (Fsp3) is 0.231. The second-order valence-electron chi connectivity index (χ2n) is 9.22. The van der Waals surface area contributed by atoms with Crippen molar-refractivity contribution in [2.45, 2.75) is 37.6 Å². The summed E-state index contributed by atoms with van der Waals surface area (Å²) in [7, 11) is 0. The van der Waals surface area contributed by atoms with E-state index >= 15 is 0 Å². The van der Waals surface area contributed by atoms with Crippen LogP contribution in [-0.2, 0) is 17.8 Å². The average molecular weight is 582 g/mol. The van der Waals surface area contributed by atoms with E-state index < -0.39 is 0 Å². The summed E-state index contributed by atoms with van der Waals surface area (Å²) in [6.07, 6.45) is 0.643. The first-order chi connectivity index (χ1) is 17.3. The monoisotopic (exact) mass is 580 g/mol. The van der Waals surface area contributed by atoms with Gasteiger partial charge in [-0.1, -0.05) is 58.0 Å². The molecular weight excluding hydrogens is 560 g/mol. The van der Waals surface area contributed by atoms with Gasteiger partial charge in [0.15, 0.2) is 10.9 Å². The maximum Gasteiger partial charge on any atom is 0.268 e. The minimum Gasteiger partial charge on any atom is -0.370 e. The number of thioether (sulfide) groups is 1. The second kappa shape index (κ2) is 8.95. The molecule has 3 aromatic heterocycles. The molecule has 0 N–H and O–H groups in total. The van der Waals surface area contributed by atoms with Crippen LogP contribution in [-0.4, -0.2) is 36.3 Å². The maximum absolute atomic E-state index is 14.0. The third kappa shape index (κ3) is 4.02. The van der Waals surface area contributed by atoms with E-state index in [1.807, 2.05) is 60.7 Å². The van der Waals surface area contributed by atoms with Crippen molar-refractivity contribution in [3.8, 4) is 5.69 Å². The number of ether oxygens (including phenoxy) is 1. The van der Waals surface area contributed by atoms with E-state index in [0.29, 0.717) is 34.9 Å². The topological polar surface area (TPSA) is 78.5 Å². The second-order valence-corrected chi connectivity index (χ2v) is 12.2. The molecule has 0 atom stereocenters. The van der Waals surface area contributed by atoms with Gasteiger partial charge in [0.1, 0.15) is 4.83 Å². The number of Topliss-reactive ketones (excluding diaryl/α,β-unsaturated/α-hetero) is 1. The Labute approximate surface area is 223 Å². The molecule has 10 heteroatoms. The van der Waals surface area contributed by atoms with Crippen LogP contribution in [0.25, 0.3) is 21.7 Å². The van der Waals surface area contributed by atoms with E-state index in [0.717, 1.165) is 25.4 Å². The number of benzene rings is 2. The number of fused-ring (bicyclic) bond motifs is 5. The molecule has 1 aliphatic heterocycles. The van der Waals surface area contributed by atoms with Gasteiger partial charge in [0.25, 0.3) is 5.56 Å². The van der Waals surface area contributed by atoms with Crippen molar-refractivity contribution in [2.75, 3.05) is 5.75 Å². The van der Waals surface area contributed by atoms with E-state index in [1.54, 1.807) is 28.0 Å². The molecule has 36 heavy (non-hydrogen) atoms. The molecule has 2 aromatic carbocycles. The van der Waals surface area contributed by atoms with Crippen LogP contribution in [0.3, 0.4) is 0 Å². The van der Waals surface area contributed by atoms with E-state index in [4.69, 9.17) is 4.74 Å². The number of para-hydroxylation sites is 1. The normalized spacial score (nSPS) is 14.9. The zero-order valence-electron chi connectivity index (χ0n) is 19.5. The molecule has 7 nitrogen and oxygen atoms in total. The Morgan fingerprint density at radius 2 is 1.89 bits per heavy atom. The van der Waals surface area contributed by atoms with Gasteiger partial charge in [-0.05, 0) is 43.7 Å². The van der Waals surface area contributed by atoms with Crippen molar-refractivity contribution >= 4 is 60.8 Å². The summed E-state index contributed by atoms with van der Waals surface area (Å²) in [6, 6.07) is 16.8. The van der Waals surface area contributed by atoms with Crippen molar-refractivity contribution in [1.29, 1.82) is 0 Å². The first-order valence-electron chi connectivity index (χ1n) is 11.4. The highest BCUT2D eigenvalue weighted by molar-refractivity contribution is 9.10. The third-order valence-electron chi connectivity index (χ3n) is 6.22. The maximum atomic E-state index is 14.0. The fourth-order valence-electron chi connectivity index (χ4n) is 4.46. The van der Waals surface area contributed by atoms with Crippen LogP contribution in [0, 0.1) is 0 Å². The number of halogens is 1. The van der Waals surface area contributed by atoms with E-state index in [9.17, 15) is 9.59 Å². The Morgan fingerprint density at radius 1 is 1.14 bits per heavy atom. The summed E-state index contributed by atoms with van der Waals surface area (Å²) in [5.74, 6) is 0.629. The third-order valence-corrected chi connectivity index (χ3v) is 8.87. The SMILES string of the molecule is CC1(C)Cc2c(sc3c2c(=O)n(-c2ccccc2)c2nnc(SCC(=O)c4ccc(Br)cc4)n32)CO1. The first kappa shape index (κ1) is 23.6. The van der Waals surface area contributed by atoms with Crippen molar-refractivity contribution in [3.05, 3.63) is 85.4 Å². The number of aromatic nitrogens is 4. The molecule has 0 amide bonds. The summed E-state index contributed by atoms with van der Waals surface area (Å²) < 4.78 is 10.5. The van der Waals surface area contributed by atoms with Crippen molar-refractivity contribution < 1.29 is 9.53 Å². The van der Waals surface area contributed by atoms with Gasteiger partial charge in [0.2, 0.25) is 5.78 Å². The van der Waals surface area contributed by atoms with Crippen LogP contribution < -0.4 is 5.56 Å². The van der Waals surface area contributed by atoms with Crippen LogP contribution in [0.15, 0.2) is 69.0 Å². The average Bonchev–Trinajstić information content (AvgIpc) is 3.44. The van der Waals surface area contributed by atoms with Gasteiger partial charge in [-0.2, -0.15) is 0 Å². The number of carbonyl (C=O) groups is 1. The largest absolute Gasteiger partial charge is 0.370 e. The molecule has 0 saturated heterocycles. The Hall–Kier alpha value is -2.79. The van der Waals surface area contributed by atoms with Crippen molar-refractivity contribution in [3.63, 3.8) is 0 Å². The Morgan fingerprint density at radius 3 is 2.64 bits per heavy atom. The molecule has 182 valence electrons. The summed E-state index contributed by atoms with van der Waals surface area (Å²) >= 11 is 6.27. The molecule has 0 bridgehead atoms. The highest BCUT2D eigenvalue weighted by Gasteiger charge is 2.32. The minimum absolute atomic E-state index is 0.00232. The number of rotatable bonds is 5. The molecule has 0 spiro atoms. The number of hydrogen-bond acceptors (Lipinski definition) is 7. The predicted molar refractivity (Wildman–Crippen MR) is 146 cm³/mol. The van der Waals surface area contributed by atoms with E-state index in [-0.39, 0.29) is 22.7 Å². The highest BCUT2D eigenvalue weighted by atomic mass is 79.9. The molecule has 1 aliphatic rings. The predicted octanol–water partition coefficient (Wildman–Crippen LogP) is 5.68. The van der Waals surface area contributed by atoms with Gasteiger partial charge in [-0.15, -0.1) is 21.5 Å². The lowest BCUT2D eigenvalue weighted by atomic mass is 9.94. The lowest BCUT2D eigenvalue weighted by Gasteiger charge is -2.29. The Bertz CT molecular complexity index is 1690. The van der Waals surface area contributed by atoms with Gasteiger partial charge < -0.3 is 4.74 Å². The molecular formula is C26H21BrN4O3S2. The van der Waals surface area contributed by atoms with E-state index in [1.165, 1.54) is 11.8 Å². The quantitative estimate of drug-likeness (QED) is 0.196. The molecule has 5 aromatic rings. The summed E-state index contributed by atoms with van der Waals surface area (Å²) in [5, 5.41) is 10.1. The van der Waals surface area contributed by atoms with Gasteiger partial charge in [0, 0.05) is 21.3 Å². The van der Waals surface area contributed by atoms with Crippen LogP contribution in [0.5, 0.6) is 0 Å². The first-order valence-corrected chi connectivity index (χ1v) is 14.0. The molecule has 0 aliphatic carbocycles. The Balaban J connectivity index is 1.53. The zero-order valence-corrected chi connectivity index (χ0v) is 22.7. The molecule has 0 saturated carbocycles. The minimum atomic E-state index is -0.359. The fourth-order valence-corrected chi connectivity index (χ4v) is 6.83. The lowest BCUT2D eigenvalue weighted by Crippen LogP contribution is -2.32. The molecule has 0 unspecified atom stereocenters. The molecule has 0 radical (unpaired) electrons. The highest BCUT2D eigenvalue weighted by Crippen LogP contribution is 2.39. The number of nitrogens with zero attached hydrogens (tertiary/aromatic N) is 4. The number of ketones is 1. The van der Waals surface area contributed by atoms with Crippen molar-refractivity contribution in [1.82, 2.24) is 19.2 Å². The Kier molecular flexibility index (Phi) is 5.87. The summed E-state index contributed by atoms with van der Waals surface area (Å²) in [4.78, 5) is 28.7. The summed E-state index contributed by atoms with van der Waals surface area (Å²) in [5.41, 5.74) is 1.90. The van der Waals surface area contributed by atoms with Crippen LogP contribution in [0.4, 0.5) is 0 Å². The lowest BCUT2D eigenvalue weighted by molar-refractivity contribution is -0.0379. The van der Waals surface area contributed by atoms with E-state index in [2.05, 4.69) is 26.1 Å². The van der Waals surface area contributed by atoms with Gasteiger partial charge in [-0.25, -0.2) is 8.97 Å². The van der Waals surface area contributed by atoms with Crippen LogP contribution in [0.2, 0.25) is 0 Å².